The summed E-state index contributed by atoms with van der Waals surface area (Å²) >= 11 is 0. The van der Waals surface area contributed by atoms with Crippen LogP contribution in [0.5, 0.6) is 0 Å². The molecule has 0 saturated carbocycles. The molecule has 0 N–H and O–H groups in total. The van der Waals surface area contributed by atoms with Gasteiger partial charge in [0.2, 0.25) is 0 Å². The third-order valence-corrected chi connectivity index (χ3v) is 1.33. The lowest BCUT2D eigenvalue weighted by Crippen LogP contribution is -2.22. The Hall–Kier alpha value is -0.370. The van der Waals surface area contributed by atoms with Crippen LogP contribution in [-0.2, 0) is 4.79 Å². The Kier molecular flexibility index (Phi) is 3.47. The predicted molar refractivity (Wildman–Crippen MR) is 38.6 cm³/mol. The standard InChI is InChI=1S/C7H14NO/c1-5(2)7(8-4)6(3)9/h5,7H,1-4H3/q-1. The van der Waals surface area contributed by atoms with Crippen LogP contribution in [0.4, 0.5) is 0 Å². The van der Waals surface area contributed by atoms with Crippen molar-refractivity contribution in [2.45, 2.75) is 26.8 Å². The number of ketones is 1. The molecule has 0 aromatic rings. The van der Waals surface area contributed by atoms with Crippen molar-refractivity contribution >= 4 is 5.78 Å². The maximum Gasteiger partial charge on any atom is 0.112 e. The third kappa shape index (κ3) is 2.61. The van der Waals surface area contributed by atoms with Crippen molar-refractivity contribution in [3.05, 3.63) is 5.32 Å². The highest BCUT2D eigenvalue weighted by Crippen LogP contribution is 2.09. The summed E-state index contributed by atoms with van der Waals surface area (Å²) < 4.78 is 0. The second-order valence-corrected chi connectivity index (χ2v) is 2.56. The fourth-order valence-electron chi connectivity index (χ4n) is 0.949. The Balaban J connectivity index is 3.83. The average molecular weight is 128 g/mol. The van der Waals surface area contributed by atoms with E-state index in [1.54, 1.807) is 14.0 Å². The van der Waals surface area contributed by atoms with Gasteiger partial charge in [-0.25, -0.2) is 0 Å². The normalized spacial score (nSPS) is 13.9. The molecule has 0 aromatic carbocycles. The van der Waals surface area contributed by atoms with Gasteiger partial charge in [0, 0.05) is 0 Å². The molecule has 0 saturated heterocycles. The minimum Gasteiger partial charge on any atom is -0.656 e. The quantitative estimate of drug-likeness (QED) is 0.568. The first-order chi connectivity index (χ1) is 4.09. The summed E-state index contributed by atoms with van der Waals surface area (Å²) in [6.07, 6.45) is 0. The molecule has 0 aliphatic rings. The van der Waals surface area contributed by atoms with Gasteiger partial charge >= 0.3 is 0 Å². The minimum atomic E-state index is -0.0926. The number of carbonyl (C=O) groups excluding carboxylic acids is 1. The van der Waals surface area contributed by atoms with Gasteiger partial charge in [0.15, 0.2) is 0 Å². The topological polar surface area (TPSA) is 31.2 Å². The number of nitrogens with zero attached hydrogens (tertiary/aromatic N) is 1. The fraction of sp³-hybridized carbons (Fsp3) is 0.857. The van der Waals surface area contributed by atoms with Crippen molar-refractivity contribution in [2.75, 3.05) is 7.05 Å². The molecule has 1 unspecified atom stereocenters. The van der Waals surface area contributed by atoms with Gasteiger partial charge in [0.25, 0.3) is 0 Å². The first-order valence-electron chi connectivity index (χ1n) is 3.19. The lowest BCUT2D eigenvalue weighted by Gasteiger charge is -2.28. The summed E-state index contributed by atoms with van der Waals surface area (Å²) in [4.78, 5) is 10.7. The predicted octanol–water partition coefficient (Wildman–Crippen LogP) is 1.60. The zero-order valence-electron chi connectivity index (χ0n) is 6.51. The Morgan fingerprint density at radius 1 is 1.44 bits per heavy atom. The number of hydrogen-bond acceptors (Lipinski definition) is 1. The van der Waals surface area contributed by atoms with E-state index in [0.29, 0.717) is 5.92 Å². The van der Waals surface area contributed by atoms with Crippen molar-refractivity contribution in [1.29, 1.82) is 0 Å². The highest BCUT2D eigenvalue weighted by Gasteiger charge is 2.05. The zero-order valence-corrected chi connectivity index (χ0v) is 6.51. The summed E-state index contributed by atoms with van der Waals surface area (Å²) in [6, 6.07) is -0.0926. The van der Waals surface area contributed by atoms with Gasteiger partial charge in [-0.2, -0.15) is 7.05 Å². The van der Waals surface area contributed by atoms with E-state index in [1.165, 1.54) is 0 Å². The van der Waals surface area contributed by atoms with Crippen LogP contribution in [0.25, 0.3) is 5.32 Å². The Labute approximate surface area is 56.6 Å². The summed E-state index contributed by atoms with van der Waals surface area (Å²) in [5.74, 6) is 0.500. The Bertz CT molecular complexity index is 99.1. The van der Waals surface area contributed by atoms with Crippen LogP contribution in [0.15, 0.2) is 0 Å². The molecule has 2 heteroatoms. The summed E-state index contributed by atoms with van der Waals surface area (Å²) in [5, 5.41) is 3.94. The summed E-state index contributed by atoms with van der Waals surface area (Å²) in [7, 11) is 1.69. The molecular weight excluding hydrogens is 114 g/mol. The number of carbonyl (C=O) groups is 1. The second-order valence-electron chi connectivity index (χ2n) is 2.56. The van der Waals surface area contributed by atoms with Crippen LogP contribution < -0.4 is 0 Å². The van der Waals surface area contributed by atoms with Crippen LogP contribution in [0.3, 0.4) is 0 Å². The number of rotatable bonds is 3. The van der Waals surface area contributed by atoms with Crippen LogP contribution in [0.2, 0.25) is 0 Å². The van der Waals surface area contributed by atoms with Gasteiger partial charge in [0.05, 0.1) is 0 Å². The Morgan fingerprint density at radius 3 is 1.89 bits per heavy atom. The van der Waals surface area contributed by atoms with E-state index in [-0.39, 0.29) is 11.8 Å². The van der Waals surface area contributed by atoms with Gasteiger partial charge in [-0.15, -0.1) is 0 Å². The van der Waals surface area contributed by atoms with E-state index in [0.717, 1.165) is 0 Å². The van der Waals surface area contributed by atoms with Crippen LogP contribution in [-0.4, -0.2) is 18.9 Å². The maximum atomic E-state index is 10.7. The number of likely N-dealkylation sites (N-methyl/N-ethyl adjacent to an activating group) is 1. The van der Waals surface area contributed by atoms with E-state index in [2.05, 4.69) is 5.32 Å². The van der Waals surface area contributed by atoms with Crippen molar-refractivity contribution in [1.82, 2.24) is 0 Å². The van der Waals surface area contributed by atoms with Crippen molar-refractivity contribution in [3.8, 4) is 0 Å². The van der Waals surface area contributed by atoms with Crippen molar-refractivity contribution < 1.29 is 4.79 Å². The maximum absolute atomic E-state index is 10.7. The van der Waals surface area contributed by atoms with E-state index >= 15 is 0 Å². The van der Waals surface area contributed by atoms with Gasteiger partial charge in [0.1, 0.15) is 5.78 Å². The smallest absolute Gasteiger partial charge is 0.112 e. The highest BCUT2D eigenvalue weighted by atomic mass is 16.1. The Morgan fingerprint density at radius 2 is 1.89 bits per heavy atom. The van der Waals surface area contributed by atoms with Crippen molar-refractivity contribution in [3.63, 3.8) is 0 Å². The fourth-order valence-corrected chi connectivity index (χ4v) is 0.949. The van der Waals surface area contributed by atoms with E-state index in [9.17, 15) is 4.79 Å². The molecule has 0 fully saturated rings. The molecule has 9 heavy (non-hydrogen) atoms. The monoisotopic (exact) mass is 128 g/mol. The van der Waals surface area contributed by atoms with Crippen LogP contribution in [0, 0.1) is 5.92 Å². The molecule has 2 nitrogen and oxygen atoms in total. The lowest BCUT2D eigenvalue weighted by atomic mass is 10.0. The lowest BCUT2D eigenvalue weighted by molar-refractivity contribution is -0.118. The first kappa shape index (κ1) is 8.63. The minimum absolute atomic E-state index is 0.0926. The molecule has 0 radical (unpaired) electrons. The average Bonchev–Trinajstić information content (AvgIpc) is 1.64. The molecule has 0 rings (SSSR count). The molecule has 0 aliphatic heterocycles. The van der Waals surface area contributed by atoms with Gasteiger partial charge < -0.3 is 10.1 Å². The van der Waals surface area contributed by atoms with Gasteiger partial charge in [-0.1, -0.05) is 25.8 Å². The van der Waals surface area contributed by atoms with E-state index in [1.807, 2.05) is 13.8 Å². The molecule has 0 spiro atoms. The largest absolute Gasteiger partial charge is 0.656 e. The number of Topliss-reactive ketones (excluding diaryl/α,β-unsaturated/α-hetero) is 1. The first-order valence-corrected chi connectivity index (χ1v) is 3.19. The summed E-state index contributed by atoms with van der Waals surface area (Å²) in [5.41, 5.74) is 0. The van der Waals surface area contributed by atoms with Crippen LogP contribution >= 0.6 is 0 Å². The molecule has 0 aliphatic carbocycles. The molecule has 0 aromatic heterocycles. The van der Waals surface area contributed by atoms with Gasteiger partial charge in [-0.3, -0.25) is 0 Å². The molecule has 1 atom stereocenters. The zero-order chi connectivity index (χ0) is 7.44. The molecule has 0 heterocycles. The van der Waals surface area contributed by atoms with E-state index < -0.39 is 0 Å². The van der Waals surface area contributed by atoms with Gasteiger partial charge in [-0.05, 0) is 6.92 Å². The van der Waals surface area contributed by atoms with E-state index in [4.69, 9.17) is 0 Å². The third-order valence-electron chi connectivity index (χ3n) is 1.33. The second kappa shape index (κ2) is 3.62. The van der Waals surface area contributed by atoms with Crippen molar-refractivity contribution in [2.24, 2.45) is 5.92 Å². The van der Waals surface area contributed by atoms with Crippen LogP contribution in [0.1, 0.15) is 20.8 Å². The highest BCUT2D eigenvalue weighted by molar-refractivity contribution is 5.83. The molecule has 0 amide bonds. The molecule has 54 valence electrons. The molecular formula is C7H14NO-. The number of hydrogen-bond donors (Lipinski definition) is 0. The summed E-state index contributed by atoms with van der Waals surface area (Å²) in [6.45, 7) is 5.58. The molecule has 0 bridgehead atoms. The SMILES string of the molecule is C[N-]C(C(C)=O)C(C)C.